The fraction of sp³-hybridized carbons (Fsp3) is 0.684. The van der Waals surface area contributed by atoms with E-state index in [0.717, 1.165) is 29.6 Å². The molecule has 1 aromatic heterocycles. The molecule has 0 radical (unpaired) electrons. The van der Waals surface area contributed by atoms with Gasteiger partial charge in [-0.05, 0) is 62.0 Å². The van der Waals surface area contributed by atoms with Crippen LogP contribution in [0.2, 0.25) is 0 Å². The van der Waals surface area contributed by atoms with E-state index in [0.29, 0.717) is 18.9 Å². The van der Waals surface area contributed by atoms with Gasteiger partial charge in [-0.25, -0.2) is 0 Å². The summed E-state index contributed by atoms with van der Waals surface area (Å²) < 4.78 is 11.8. The smallest absolute Gasteiger partial charge is 0.142 e. The van der Waals surface area contributed by atoms with Crippen LogP contribution in [0.5, 0.6) is 5.75 Å². The number of hydrogen-bond acceptors (Lipinski definition) is 4. The summed E-state index contributed by atoms with van der Waals surface area (Å²) in [7, 11) is 1.66. The Bertz CT molecular complexity index is 574. The van der Waals surface area contributed by atoms with Crippen LogP contribution in [0.3, 0.4) is 0 Å². The molecule has 23 heavy (non-hydrogen) atoms. The summed E-state index contributed by atoms with van der Waals surface area (Å²) >= 11 is 0. The van der Waals surface area contributed by atoms with E-state index >= 15 is 0 Å². The third kappa shape index (κ3) is 2.57. The second-order valence-corrected chi connectivity index (χ2v) is 7.72. The van der Waals surface area contributed by atoms with Crippen molar-refractivity contribution in [1.29, 1.82) is 0 Å². The van der Waals surface area contributed by atoms with Gasteiger partial charge >= 0.3 is 0 Å². The maximum absolute atomic E-state index is 11.3. The first-order valence-electron chi connectivity index (χ1n) is 8.77. The van der Waals surface area contributed by atoms with Crippen LogP contribution in [-0.4, -0.2) is 24.5 Å². The maximum atomic E-state index is 11.3. The lowest BCUT2D eigenvalue weighted by atomic mass is 9.47. The van der Waals surface area contributed by atoms with Gasteiger partial charge in [-0.1, -0.05) is 0 Å². The van der Waals surface area contributed by atoms with E-state index in [2.05, 4.69) is 4.98 Å². The molecule has 4 aliphatic rings. The number of aldehydes is 1. The van der Waals surface area contributed by atoms with Gasteiger partial charge in [0, 0.05) is 18.0 Å². The van der Waals surface area contributed by atoms with E-state index < -0.39 is 0 Å². The lowest BCUT2D eigenvalue weighted by Crippen LogP contribution is -2.56. The highest BCUT2D eigenvalue weighted by molar-refractivity contribution is 5.51. The summed E-state index contributed by atoms with van der Waals surface area (Å²) in [5.74, 6) is 3.03. The number of carbonyl (C=O) groups excluding carboxylic acids is 1. The molecule has 4 nitrogen and oxygen atoms in total. The van der Waals surface area contributed by atoms with Crippen molar-refractivity contribution in [2.75, 3.05) is 7.11 Å². The summed E-state index contributed by atoms with van der Waals surface area (Å²) in [5, 5.41) is 0. The molecule has 5 rings (SSSR count). The number of ether oxygens (including phenoxy) is 2. The molecule has 4 aliphatic carbocycles. The van der Waals surface area contributed by atoms with Crippen LogP contribution in [0, 0.1) is 23.2 Å². The van der Waals surface area contributed by atoms with E-state index in [1.54, 1.807) is 13.3 Å². The Morgan fingerprint density at radius 3 is 2.78 bits per heavy atom. The molecule has 1 aromatic rings. The Morgan fingerprint density at radius 2 is 2.09 bits per heavy atom. The van der Waals surface area contributed by atoms with Gasteiger partial charge in [0.15, 0.2) is 0 Å². The molecule has 4 fully saturated rings. The van der Waals surface area contributed by atoms with Gasteiger partial charge in [0.05, 0.1) is 19.8 Å². The molecular formula is C19H25NO3. The zero-order valence-electron chi connectivity index (χ0n) is 13.7. The minimum Gasteiger partial charge on any atom is -0.495 e. The number of methoxy groups -OCH3 is 1. The molecule has 4 saturated carbocycles. The number of rotatable bonds is 6. The fourth-order valence-electron chi connectivity index (χ4n) is 5.81. The average Bonchev–Trinajstić information content (AvgIpc) is 2.54. The third-order valence-electron chi connectivity index (χ3n) is 6.32. The SMILES string of the molecule is COc1cccnc1COC1C2CC3CC(C2)CC1(CC=O)C3. The highest BCUT2D eigenvalue weighted by Gasteiger charge is 2.57. The second kappa shape index (κ2) is 5.90. The molecule has 0 spiro atoms. The normalized spacial score (nSPS) is 37.8. The summed E-state index contributed by atoms with van der Waals surface area (Å²) in [4.78, 5) is 15.7. The quantitative estimate of drug-likeness (QED) is 0.755. The fourth-order valence-corrected chi connectivity index (χ4v) is 5.81. The van der Waals surface area contributed by atoms with Crippen molar-refractivity contribution in [3.8, 4) is 5.75 Å². The molecule has 124 valence electrons. The molecular weight excluding hydrogens is 290 g/mol. The summed E-state index contributed by atoms with van der Waals surface area (Å²) in [6.45, 7) is 0.473. The van der Waals surface area contributed by atoms with Crippen LogP contribution < -0.4 is 4.74 Å². The number of aromatic nitrogens is 1. The number of carbonyl (C=O) groups is 1. The van der Waals surface area contributed by atoms with Crippen molar-refractivity contribution in [2.45, 2.75) is 51.2 Å². The van der Waals surface area contributed by atoms with E-state index in [1.807, 2.05) is 12.1 Å². The number of pyridine rings is 1. The molecule has 4 bridgehead atoms. The van der Waals surface area contributed by atoms with Crippen LogP contribution in [0.1, 0.15) is 44.2 Å². The predicted molar refractivity (Wildman–Crippen MR) is 86.0 cm³/mol. The van der Waals surface area contributed by atoms with E-state index in [9.17, 15) is 4.79 Å². The molecule has 0 amide bonds. The summed E-state index contributed by atoms with van der Waals surface area (Å²) in [5.41, 5.74) is 0.934. The Hall–Kier alpha value is -1.42. The van der Waals surface area contributed by atoms with Gasteiger partial charge < -0.3 is 14.3 Å². The van der Waals surface area contributed by atoms with E-state index in [4.69, 9.17) is 9.47 Å². The molecule has 0 aromatic carbocycles. The molecule has 0 N–H and O–H groups in total. The third-order valence-corrected chi connectivity index (χ3v) is 6.32. The van der Waals surface area contributed by atoms with Crippen LogP contribution in [0.4, 0.5) is 0 Å². The van der Waals surface area contributed by atoms with Crippen molar-refractivity contribution in [1.82, 2.24) is 4.98 Å². The molecule has 4 heteroatoms. The first kappa shape index (κ1) is 15.1. The molecule has 0 saturated heterocycles. The topological polar surface area (TPSA) is 48.4 Å². The molecule has 1 heterocycles. The van der Waals surface area contributed by atoms with Crippen LogP contribution in [0.25, 0.3) is 0 Å². The monoisotopic (exact) mass is 315 g/mol. The number of nitrogens with zero attached hydrogens (tertiary/aromatic N) is 1. The average molecular weight is 315 g/mol. The van der Waals surface area contributed by atoms with Gasteiger partial charge in [-0.15, -0.1) is 0 Å². The molecule has 3 atom stereocenters. The Labute approximate surface area is 137 Å². The van der Waals surface area contributed by atoms with Crippen molar-refractivity contribution in [3.05, 3.63) is 24.0 Å². The molecule has 0 aliphatic heterocycles. The lowest BCUT2D eigenvalue weighted by molar-refractivity contribution is -0.187. The van der Waals surface area contributed by atoms with Crippen molar-refractivity contribution in [3.63, 3.8) is 0 Å². The van der Waals surface area contributed by atoms with Gasteiger partial charge in [0.2, 0.25) is 0 Å². The van der Waals surface area contributed by atoms with Crippen LogP contribution in [0.15, 0.2) is 18.3 Å². The first-order valence-corrected chi connectivity index (χ1v) is 8.77. The Morgan fingerprint density at radius 1 is 1.30 bits per heavy atom. The molecule has 3 unspecified atom stereocenters. The van der Waals surface area contributed by atoms with E-state index in [1.165, 1.54) is 32.1 Å². The van der Waals surface area contributed by atoms with Gasteiger partial charge in [-0.3, -0.25) is 4.98 Å². The largest absolute Gasteiger partial charge is 0.495 e. The second-order valence-electron chi connectivity index (χ2n) is 7.72. The standard InChI is InChI=1S/C19H25NO3/c1-22-17-3-2-5-20-16(17)12-23-18-15-8-13-7-14(9-15)11-19(18,10-13)4-6-21/h2-3,5-6,13-15,18H,4,7-12H2,1H3. The summed E-state index contributed by atoms with van der Waals surface area (Å²) in [6.07, 6.45) is 10.0. The zero-order chi connectivity index (χ0) is 15.9. The lowest BCUT2D eigenvalue weighted by Gasteiger charge is -2.60. The zero-order valence-corrected chi connectivity index (χ0v) is 13.7. The predicted octanol–water partition coefficient (Wildman–Crippen LogP) is 3.39. The minimum atomic E-state index is 0.0819. The van der Waals surface area contributed by atoms with Crippen molar-refractivity contribution < 1.29 is 14.3 Å². The highest BCUT2D eigenvalue weighted by atomic mass is 16.5. The van der Waals surface area contributed by atoms with Gasteiger partial charge in [0.25, 0.3) is 0 Å². The van der Waals surface area contributed by atoms with Gasteiger partial charge in [-0.2, -0.15) is 0 Å². The highest BCUT2D eigenvalue weighted by Crippen LogP contribution is 2.62. The maximum Gasteiger partial charge on any atom is 0.142 e. The van der Waals surface area contributed by atoms with Gasteiger partial charge in [0.1, 0.15) is 17.7 Å². The van der Waals surface area contributed by atoms with E-state index in [-0.39, 0.29) is 11.5 Å². The van der Waals surface area contributed by atoms with Crippen LogP contribution in [-0.2, 0) is 16.1 Å². The van der Waals surface area contributed by atoms with Crippen LogP contribution >= 0.6 is 0 Å². The Balaban J connectivity index is 1.54. The van der Waals surface area contributed by atoms with Crippen molar-refractivity contribution in [2.24, 2.45) is 23.2 Å². The minimum absolute atomic E-state index is 0.0819. The Kier molecular flexibility index (Phi) is 3.88. The first-order chi connectivity index (χ1) is 11.2. The van der Waals surface area contributed by atoms with Crippen molar-refractivity contribution >= 4 is 6.29 Å². The summed E-state index contributed by atoms with van der Waals surface area (Å²) in [6, 6.07) is 3.79. The number of hydrogen-bond donors (Lipinski definition) is 0.